The molecule has 8 nitrogen and oxygen atoms in total. The van der Waals surface area contributed by atoms with E-state index >= 15 is 0 Å². The molecule has 0 saturated carbocycles. The Bertz CT molecular complexity index is 358. The van der Waals surface area contributed by atoms with Crippen LogP contribution >= 0.6 is 0 Å². The molecule has 4 aliphatic rings. The number of quaternary nitrogens is 4. The monoisotopic (exact) mass is 531 g/mol. The van der Waals surface area contributed by atoms with E-state index in [1.165, 1.54) is 19.6 Å². The molecular weight excluding hydrogens is 499 g/mol. The summed E-state index contributed by atoms with van der Waals surface area (Å²) >= 11 is 0. The van der Waals surface area contributed by atoms with Gasteiger partial charge in [-0.05, 0) is 0 Å². The molecule has 0 fully saturated rings. The van der Waals surface area contributed by atoms with Crippen molar-refractivity contribution in [1.29, 1.82) is 0 Å². The predicted molar refractivity (Wildman–Crippen MR) is 97.0 cm³/mol. The van der Waals surface area contributed by atoms with Crippen molar-refractivity contribution in [2.24, 2.45) is 0 Å². The summed E-state index contributed by atoms with van der Waals surface area (Å²) in [6.45, 7) is 3.67. The van der Waals surface area contributed by atoms with Crippen molar-refractivity contribution >= 4 is 0 Å². The molecule has 4 rings (SSSR count). The van der Waals surface area contributed by atoms with Gasteiger partial charge in [-0.15, -0.1) is 24.8 Å². The number of hydrogen-bond donors (Lipinski definition) is 4. The molecule has 0 bridgehead atoms. The summed E-state index contributed by atoms with van der Waals surface area (Å²) < 4.78 is 0. The van der Waals surface area contributed by atoms with Crippen molar-refractivity contribution < 1.29 is 40.7 Å². The van der Waals surface area contributed by atoms with Crippen LogP contribution in [0.4, 0.5) is 0 Å². The van der Waals surface area contributed by atoms with Gasteiger partial charge >= 0.3 is 21.1 Å². The van der Waals surface area contributed by atoms with Crippen molar-refractivity contribution in [2.45, 2.75) is 0 Å². The molecule has 4 N–H and O–H groups in total. The minimum absolute atomic E-state index is 0. The normalized spacial score (nSPS) is 29.3. The van der Waals surface area contributed by atoms with E-state index in [0.29, 0.717) is 0 Å². The summed E-state index contributed by atoms with van der Waals surface area (Å²) in [6.07, 6.45) is 15.5. The quantitative estimate of drug-likeness (QED) is 0.262. The van der Waals surface area contributed by atoms with Crippen LogP contribution in [0.25, 0.3) is 21.3 Å². The summed E-state index contributed by atoms with van der Waals surface area (Å²) in [4.78, 5) is 5.43. The Morgan fingerprint density at radius 2 is 0.680 bits per heavy atom. The smallest absolute Gasteiger partial charge is 0.639 e. The zero-order chi connectivity index (χ0) is 17.6. The third kappa shape index (κ3) is 13.6. The summed E-state index contributed by atoms with van der Waals surface area (Å²) in [5.41, 5.74) is 0. The number of hydrogen-bond acceptors (Lipinski definition) is 0. The Kier molecular flexibility index (Phi) is 14.2. The first kappa shape index (κ1) is 23.7. The largest absolute Gasteiger partial charge is 2.00 e. The van der Waals surface area contributed by atoms with Gasteiger partial charge < -0.3 is 40.9 Å². The van der Waals surface area contributed by atoms with E-state index in [1.807, 2.05) is 49.6 Å². The average molecular weight is 532 g/mol. The van der Waals surface area contributed by atoms with Gasteiger partial charge in [-0.1, -0.05) is 0 Å². The Balaban J connectivity index is 0.000000303. The van der Waals surface area contributed by atoms with Crippen molar-refractivity contribution in [3.63, 3.8) is 0 Å². The second kappa shape index (κ2) is 15.0. The third-order valence-corrected chi connectivity index (χ3v) is 3.22. The second-order valence-corrected chi connectivity index (χ2v) is 6.01. The summed E-state index contributed by atoms with van der Waals surface area (Å²) in [5, 5.41) is 15.8. The van der Waals surface area contributed by atoms with Crippen LogP contribution in [0, 0.1) is 0 Å². The van der Waals surface area contributed by atoms with Crippen LogP contribution in [-0.2, 0) is 21.1 Å². The van der Waals surface area contributed by atoms with Gasteiger partial charge in [0.15, 0.2) is 0 Å². The van der Waals surface area contributed by atoms with Crippen molar-refractivity contribution in [3.05, 3.63) is 70.9 Å². The van der Waals surface area contributed by atoms with Gasteiger partial charge in [-0.25, -0.2) is 0 Å². The van der Waals surface area contributed by atoms with Gasteiger partial charge in [-0.2, -0.15) is 0 Å². The fourth-order valence-corrected chi connectivity index (χ4v) is 1.72. The van der Waals surface area contributed by atoms with Gasteiger partial charge in [-0.3, -0.25) is 0 Å². The van der Waals surface area contributed by atoms with E-state index in [2.05, 4.69) is 49.5 Å². The Morgan fingerprint density at radius 1 is 0.480 bits per heavy atom. The number of rotatable bonds is 0. The molecule has 4 aliphatic heterocycles. The van der Waals surface area contributed by atoms with Crippen LogP contribution in [0.5, 0.6) is 0 Å². The van der Waals surface area contributed by atoms with Crippen molar-refractivity contribution in [2.75, 3.05) is 54.9 Å². The average Bonchev–Trinajstić information content (AvgIpc) is 3.31. The maximum Gasteiger partial charge on any atom is 2.00 e. The molecule has 0 spiro atoms. The van der Waals surface area contributed by atoms with Gasteiger partial charge in [0.25, 0.3) is 0 Å². The Labute approximate surface area is 166 Å². The van der Waals surface area contributed by atoms with E-state index in [9.17, 15) is 0 Å². The molecular formula is C16H32N8Pt+2. The maximum absolute atomic E-state index is 3.95. The summed E-state index contributed by atoms with van der Waals surface area (Å²) in [6, 6.07) is 0. The zero-order valence-electron chi connectivity index (χ0n) is 15.6. The fourth-order valence-electron chi connectivity index (χ4n) is 1.72. The fraction of sp³-hybridized carbons (Fsp3) is 0.500. The molecule has 4 atom stereocenters. The van der Waals surface area contributed by atoms with E-state index < -0.39 is 0 Å². The molecule has 144 valence electrons. The molecule has 25 heavy (non-hydrogen) atoms. The van der Waals surface area contributed by atoms with Gasteiger partial charge in [0.1, 0.15) is 0 Å². The molecule has 4 unspecified atom stereocenters. The van der Waals surface area contributed by atoms with Gasteiger partial charge in [0.05, 0.1) is 53.0 Å². The number of nitrogens with one attached hydrogen (secondary N) is 4. The van der Waals surface area contributed by atoms with Crippen LogP contribution in [0.1, 0.15) is 0 Å². The second-order valence-electron chi connectivity index (χ2n) is 6.01. The van der Waals surface area contributed by atoms with Crippen molar-refractivity contribution in [1.82, 2.24) is 0 Å². The molecule has 0 aliphatic carbocycles. The Morgan fingerprint density at radius 3 is 0.720 bits per heavy atom. The van der Waals surface area contributed by atoms with Crippen molar-refractivity contribution in [3.8, 4) is 0 Å². The van der Waals surface area contributed by atoms with Crippen LogP contribution in [-0.4, -0.2) is 54.9 Å². The molecule has 9 heteroatoms. The first-order valence-electron chi connectivity index (χ1n) is 8.20. The standard InChI is InChI=1S/4C4H7N2.Pt/c4*1-6-3-2-5-4-6;/h4*2-3H,4H2,1H3;/q4*-1;+2/p+4. The van der Waals surface area contributed by atoms with E-state index in [0.717, 1.165) is 26.7 Å². The summed E-state index contributed by atoms with van der Waals surface area (Å²) in [5.74, 6) is 0. The van der Waals surface area contributed by atoms with Crippen LogP contribution in [0.2, 0.25) is 0 Å². The zero-order valence-corrected chi connectivity index (χ0v) is 17.8. The van der Waals surface area contributed by atoms with E-state index in [4.69, 9.17) is 0 Å². The van der Waals surface area contributed by atoms with Crippen LogP contribution in [0.3, 0.4) is 0 Å². The van der Waals surface area contributed by atoms with Crippen LogP contribution < -0.4 is 19.6 Å². The molecule has 0 radical (unpaired) electrons. The first-order valence-corrected chi connectivity index (χ1v) is 8.20. The number of nitrogens with zero attached hydrogens (tertiary/aromatic N) is 4. The molecule has 4 heterocycles. The Hall–Kier alpha value is -1.31. The van der Waals surface area contributed by atoms with E-state index in [-0.39, 0.29) is 21.1 Å². The molecule has 0 aromatic carbocycles. The molecule has 0 saturated heterocycles. The third-order valence-electron chi connectivity index (χ3n) is 3.22. The molecule has 0 amide bonds. The van der Waals surface area contributed by atoms with Gasteiger partial charge in [0.2, 0.25) is 0 Å². The van der Waals surface area contributed by atoms with Crippen LogP contribution in [0.15, 0.2) is 49.6 Å². The molecule has 0 aromatic rings. The van der Waals surface area contributed by atoms with E-state index in [1.54, 1.807) is 0 Å². The predicted octanol–water partition coefficient (Wildman–Crippen LogP) is -2.73. The SMILES string of the molecule is C[NH+]1C=C[N-]C1.C[NH+]1C=C[N-]C1.C[NH+]1C=C[N-]C1.C[NH+]1C=C[N-]C1.[Pt+2]. The summed E-state index contributed by atoms with van der Waals surface area (Å²) in [7, 11) is 8.31. The maximum atomic E-state index is 3.95. The first-order chi connectivity index (χ1) is 11.6. The van der Waals surface area contributed by atoms with Gasteiger partial charge in [0, 0.05) is 26.7 Å². The topological polar surface area (TPSA) is 74.2 Å². The minimum Gasteiger partial charge on any atom is -0.639 e. The molecule has 0 aromatic heterocycles. The minimum atomic E-state index is 0.